The highest BCUT2D eigenvalue weighted by Gasteiger charge is 2.14. The first-order valence-electron chi connectivity index (χ1n) is 9.59. The van der Waals surface area contributed by atoms with E-state index in [1.165, 1.54) is 19.5 Å². The van der Waals surface area contributed by atoms with Gasteiger partial charge in [-0.2, -0.15) is 0 Å². The van der Waals surface area contributed by atoms with E-state index in [1.807, 2.05) is 68.3 Å². The summed E-state index contributed by atoms with van der Waals surface area (Å²) in [4.78, 5) is 22.1. The van der Waals surface area contributed by atoms with Gasteiger partial charge in [0.2, 0.25) is 5.88 Å². The predicted molar refractivity (Wildman–Crippen MR) is 116 cm³/mol. The van der Waals surface area contributed by atoms with Gasteiger partial charge >= 0.3 is 5.97 Å². The minimum Gasteiger partial charge on any atom is -0.466 e. The van der Waals surface area contributed by atoms with Crippen LogP contribution in [0.3, 0.4) is 0 Å². The van der Waals surface area contributed by atoms with E-state index < -0.39 is 5.97 Å². The van der Waals surface area contributed by atoms with Gasteiger partial charge < -0.3 is 14.4 Å². The summed E-state index contributed by atoms with van der Waals surface area (Å²) in [5.74, 6) is 0.792. The molecule has 1 aromatic heterocycles. The van der Waals surface area contributed by atoms with Crippen LogP contribution in [0.5, 0.6) is 11.6 Å². The Bertz CT molecular complexity index is 1050. The first-order chi connectivity index (χ1) is 14.5. The van der Waals surface area contributed by atoms with Crippen LogP contribution in [-0.2, 0) is 16.1 Å². The highest BCUT2D eigenvalue weighted by molar-refractivity contribution is 5.82. The van der Waals surface area contributed by atoms with Crippen LogP contribution in [0.2, 0.25) is 0 Å². The van der Waals surface area contributed by atoms with Crippen molar-refractivity contribution in [2.24, 2.45) is 0 Å². The minimum atomic E-state index is -0.394. The van der Waals surface area contributed by atoms with E-state index in [4.69, 9.17) is 9.47 Å². The molecule has 0 aliphatic heterocycles. The number of hydrogen-bond acceptors (Lipinski definition) is 6. The Labute approximate surface area is 176 Å². The van der Waals surface area contributed by atoms with E-state index >= 15 is 0 Å². The molecule has 3 aromatic rings. The van der Waals surface area contributed by atoms with Crippen molar-refractivity contribution in [1.82, 2.24) is 14.9 Å². The molecule has 0 aliphatic carbocycles. The molecule has 0 fully saturated rings. The SMILES string of the molecule is COC(=O)/C=C(\C)N(C)Cc1c(C)ncnc1Oc1cccc(-c2ccccc2)c1. The Morgan fingerprint density at radius 1 is 1.07 bits per heavy atom. The molecule has 0 atom stereocenters. The lowest BCUT2D eigenvalue weighted by atomic mass is 10.1. The van der Waals surface area contributed by atoms with Gasteiger partial charge in [0.1, 0.15) is 12.1 Å². The topological polar surface area (TPSA) is 64.5 Å². The quantitative estimate of drug-likeness (QED) is 0.419. The zero-order valence-corrected chi connectivity index (χ0v) is 17.6. The predicted octanol–water partition coefficient (Wildman–Crippen LogP) is 4.75. The van der Waals surface area contributed by atoms with Crippen LogP contribution in [0, 0.1) is 6.92 Å². The van der Waals surface area contributed by atoms with Crippen molar-refractivity contribution in [3.63, 3.8) is 0 Å². The number of aromatic nitrogens is 2. The van der Waals surface area contributed by atoms with E-state index in [2.05, 4.69) is 22.1 Å². The summed E-state index contributed by atoms with van der Waals surface area (Å²) in [6.45, 7) is 4.25. The molecular formula is C24H25N3O3. The fourth-order valence-electron chi connectivity index (χ4n) is 2.93. The van der Waals surface area contributed by atoms with Crippen molar-refractivity contribution >= 4 is 5.97 Å². The van der Waals surface area contributed by atoms with Gasteiger partial charge in [0.15, 0.2) is 0 Å². The lowest BCUT2D eigenvalue weighted by molar-refractivity contribution is -0.135. The van der Waals surface area contributed by atoms with E-state index in [-0.39, 0.29) is 0 Å². The largest absolute Gasteiger partial charge is 0.466 e. The average molecular weight is 403 g/mol. The molecule has 1 heterocycles. The third-order valence-electron chi connectivity index (χ3n) is 4.80. The van der Waals surface area contributed by atoms with Crippen LogP contribution in [0.15, 0.2) is 72.7 Å². The van der Waals surface area contributed by atoms with Gasteiger partial charge in [0, 0.05) is 31.1 Å². The average Bonchev–Trinajstić information content (AvgIpc) is 2.76. The van der Waals surface area contributed by atoms with Gasteiger partial charge in [-0.1, -0.05) is 42.5 Å². The van der Waals surface area contributed by atoms with Crippen LogP contribution >= 0.6 is 0 Å². The molecule has 2 aromatic carbocycles. The number of ether oxygens (including phenoxy) is 2. The maximum Gasteiger partial charge on any atom is 0.332 e. The van der Waals surface area contributed by atoms with Crippen molar-refractivity contribution in [2.75, 3.05) is 14.2 Å². The number of aryl methyl sites for hydroxylation is 1. The minimum absolute atomic E-state index is 0.394. The zero-order chi connectivity index (χ0) is 21.5. The molecule has 0 bridgehead atoms. The first kappa shape index (κ1) is 21.0. The second kappa shape index (κ2) is 9.69. The van der Waals surface area contributed by atoms with E-state index in [0.717, 1.165) is 28.1 Å². The zero-order valence-electron chi connectivity index (χ0n) is 17.6. The highest BCUT2D eigenvalue weighted by Crippen LogP contribution is 2.29. The lowest BCUT2D eigenvalue weighted by Gasteiger charge is -2.22. The van der Waals surface area contributed by atoms with Gasteiger partial charge in [0.25, 0.3) is 0 Å². The molecule has 3 rings (SSSR count). The number of carbonyl (C=O) groups is 1. The molecule has 0 amide bonds. The van der Waals surface area contributed by atoms with Crippen molar-refractivity contribution in [3.05, 3.63) is 84.0 Å². The molecule has 0 N–H and O–H groups in total. The second-order valence-corrected chi connectivity index (χ2v) is 6.90. The number of hydrogen-bond donors (Lipinski definition) is 0. The maximum absolute atomic E-state index is 11.5. The third-order valence-corrected chi connectivity index (χ3v) is 4.80. The summed E-state index contributed by atoms with van der Waals surface area (Å²) < 4.78 is 10.9. The number of allylic oxidation sites excluding steroid dienone is 1. The van der Waals surface area contributed by atoms with E-state index in [9.17, 15) is 4.79 Å². The Balaban J connectivity index is 1.85. The number of nitrogens with zero attached hydrogens (tertiary/aromatic N) is 3. The maximum atomic E-state index is 11.5. The lowest BCUT2D eigenvalue weighted by Crippen LogP contribution is -2.18. The molecular weight excluding hydrogens is 378 g/mol. The molecule has 6 heteroatoms. The first-order valence-corrected chi connectivity index (χ1v) is 9.59. The molecule has 0 saturated heterocycles. The van der Waals surface area contributed by atoms with Gasteiger partial charge in [0.05, 0.1) is 12.7 Å². The van der Waals surface area contributed by atoms with Gasteiger partial charge in [-0.15, -0.1) is 0 Å². The van der Waals surface area contributed by atoms with Crippen molar-refractivity contribution in [2.45, 2.75) is 20.4 Å². The van der Waals surface area contributed by atoms with Crippen molar-refractivity contribution < 1.29 is 14.3 Å². The van der Waals surface area contributed by atoms with Crippen LogP contribution in [0.1, 0.15) is 18.2 Å². The van der Waals surface area contributed by atoms with Crippen LogP contribution in [-0.4, -0.2) is 35.0 Å². The normalized spacial score (nSPS) is 11.1. The Morgan fingerprint density at radius 3 is 2.53 bits per heavy atom. The standard InChI is InChI=1S/C24H25N3O3/c1-17(13-23(28)29-4)27(3)15-22-18(2)25-16-26-24(22)30-21-12-8-11-20(14-21)19-9-6-5-7-10-19/h5-14,16H,15H2,1-4H3/b17-13+. The van der Waals surface area contributed by atoms with Crippen LogP contribution in [0.25, 0.3) is 11.1 Å². The fourth-order valence-corrected chi connectivity index (χ4v) is 2.93. The summed E-state index contributed by atoms with van der Waals surface area (Å²) in [6.07, 6.45) is 2.94. The molecule has 30 heavy (non-hydrogen) atoms. The van der Waals surface area contributed by atoms with Crippen molar-refractivity contribution in [3.8, 4) is 22.8 Å². The number of rotatable bonds is 7. The Kier molecular flexibility index (Phi) is 6.80. The molecule has 0 saturated carbocycles. The third kappa shape index (κ3) is 5.23. The number of methoxy groups -OCH3 is 1. The van der Waals surface area contributed by atoms with Crippen LogP contribution in [0.4, 0.5) is 0 Å². The fraction of sp³-hybridized carbons (Fsp3) is 0.208. The van der Waals surface area contributed by atoms with E-state index in [0.29, 0.717) is 18.2 Å². The summed E-state index contributed by atoms with van der Waals surface area (Å²) in [5, 5.41) is 0. The Hall–Kier alpha value is -3.67. The van der Waals surface area contributed by atoms with Gasteiger partial charge in [-0.3, -0.25) is 0 Å². The Morgan fingerprint density at radius 2 is 1.80 bits per heavy atom. The molecule has 154 valence electrons. The summed E-state index contributed by atoms with van der Waals surface area (Å²) in [7, 11) is 3.25. The van der Waals surface area contributed by atoms with Gasteiger partial charge in [-0.25, -0.2) is 14.8 Å². The van der Waals surface area contributed by atoms with E-state index in [1.54, 1.807) is 0 Å². The number of carbonyl (C=O) groups excluding carboxylic acids is 1. The van der Waals surface area contributed by atoms with Crippen LogP contribution < -0.4 is 4.74 Å². The molecule has 0 spiro atoms. The monoisotopic (exact) mass is 403 g/mol. The molecule has 0 aliphatic rings. The number of esters is 1. The summed E-state index contributed by atoms with van der Waals surface area (Å²) in [5.41, 5.74) is 4.61. The van der Waals surface area contributed by atoms with Gasteiger partial charge in [-0.05, 0) is 37.1 Å². The second-order valence-electron chi connectivity index (χ2n) is 6.90. The summed E-state index contributed by atoms with van der Waals surface area (Å²) >= 11 is 0. The summed E-state index contributed by atoms with van der Waals surface area (Å²) in [6, 6.07) is 18.0. The molecule has 0 unspecified atom stereocenters. The smallest absolute Gasteiger partial charge is 0.332 e. The molecule has 0 radical (unpaired) electrons. The highest BCUT2D eigenvalue weighted by atomic mass is 16.5. The number of benzene rings is 2. The molecule has 6 nitrogen and oxygen atoms in total. The van der Waals surface area contributed by atoms with Crippen molar-refractivity contribution in [1.29, 1.82) is 0 Å².